The van der Waals surface area contributed by atoms with E-state index in [1.54, 1.807) is 13.0 Å². The molecule has 0 amide bonds. The van der Waals surface area contributed by atoms with Gasteiger partial charge in [-0.05, 0) is 53.5 Å². The summed E-state index contributed by atoms with van der Waals surface area (Å²) in [7, 11) is 0. The molecule has 162 valence electrons. The molecule has 3 rings (SSSR count). The smallest absolute Gasteiger partial charge is 0.307 e. The maximum absolute atomic E-state index is 13.5. The molecule has 0 fully saturated rings. The molecular weight excluding hydrogens is 503 g/mol. The topological polar surface area (TPSA) is 56.9 Å². The lowest BCUT2D eigenvalue weighted by Gasteiger charge is -2.08. The van der Waals surface area contributed by atoms with Gasteiger partial charge in [0.05, 0.1) is 10.4 Å². The lowest BCUT2D eigenvalue weighted by Crippen LogP contribution is -2.18. The Labute approximate surface area is 190 Å². The lowest BCUT2D eigenvalue weighted by atomic mass is 10.2. The normalized spacial score (nSPS) is 10.7. The minimum absolute atomic E-state index is 0. The summed E-state index contributed by atoms with van der Waals surface area (Å²) in [5.74, 6) is -0.823. The van der Waals surface area contributed by atoms with Crippen molar-refractivity contribution in [1.29, 1.82) is 0 Å². The Morgan fingerprint density at radius 3 is 2.67 bits per heavy atom. The van der Waals surface area contributed by atoms with Gasteiger partial charge in [-0.3, -0.25) is 4.79 Å². The van der Waals surface area contributed by atoms with Crippen LogP contribution in [0.1, 0.15) is 21.7 Å². The van der Waals surface area contributed by atoms with E-state index >= 15 is 0 Å². The van der Waals surface area contributed by atoms with Gasteiger partial charge in [-0.25, -0.2) is 0 Å². The Kier molecular flexibility index (Phi) is 8.96. The van der Waals surface area contributed by atoms with Crippen LogP contribution in [-0.4, -0.2) is 18.1 Å². The second kappa shape index (κ2) is 11.0. The molecule has 0 spiro atoms. The lowest BCUT2D eigenvalue weighted by molar-refractivity contribution is 0.411. The van der Waals surface area contributed by atoms with Crippen LogP contribution >= 0.6 is 39.7 Å². The van der Waals surface area contributed by atoms with Gasteiger partial charge in [0.1, 0.15) is 5.82 Å². The van der Waals surface area contributed by atoms with E-state index in [-0.39, 0.29) is 22.7 Å². The third-order valence-electron chi connectivity index (χ3n) is 4.41. The largest absolute Gasteiger partial charge is 0.371 e. The second-order valence-electron chi connectivity index (χ2n) is 6.42. The highest BCUT2D eigenvalue weighted by molar-refractivity contribution is 9.10. The van der Waals surface area contributed by atoms with Gasteiger partial charge >= 0.3 is 6.08 Å². The Hall–Kier alpha value is -1.81. The van der Waals surface area contributed by atoms with Crippen molar-refractivity contribution in [2.75, 3.05) is 18.4 Å². The molecule has 0 aliphatic rings. The first-order chi connectivity index (χ1) is 13.9. The summed E-state index contributed by atoms with van der Waals surface area (Å²) in [6.07, 6.45) is -1.54. The molecule has 30 heavy (non-hydrogen) atoms. The van der Waals surface area contributed by atoms with Crippen molar-refractivity contribution in [2.24, 2.45) is 0 Å². The average Bonchev–Trinajstić information content (AvgIpc) is 2.98. The standard InChI is InChI=1S/C20H19BrF3N3OS.ClH/c1-11-15(29-19(17(11)21)18(22)20(23)24)10-25-7-4-8-26-16-9-14(28)12-5-2-3-6-13(12)27-16;/h2-3,5-6,9,25H,4,7-8,10H2,1H3,(H2,26,27,28);1H. The zero-order valence-electron chi connectivity index (χ0n) is 16.0. The van der Waals surface area contributed by atoms with Gasteiger partial charge in [-0.1, -0.05) is 12.1 Å². The maximum atomic E-state index is 13.5. The second-order valence-corrected chi connectivity index (χ2v) is 8.32. The van der Waals surface area contributed by atoms with Gasteiger partial charge in [-0.2, -0.15) is 13.2 Å². The van der Waals surface area contributed by atoms with Crippen molar-refractivity contribution in [2.45, 2.75) is 19.9 Å². The average molecular weight is 523 g/mol. The highest BCUT2D eigenvalue weighted by Crippen LogP contribution is 2.39. The number of H-pyrrole nitrogens is 1. The number of anilines is 1. The number of rotatable bonds is 8. The number of halogens is 5. The number of aromatic amines is 1. The summed E-state index contributed by atoms with van der Waals surface area (Å²) in [5, 5.41) is 7.07. The Balaban J connectivity index is 0.00000320. The fourth-order valence-corrected chi connectivity index (χ4v) is 4.74. The predicted octanol–water partition coefficient (Wildman–Crippen LogP) is 6.21. The van der Waals surface area contributed by atoms with E-state index in [0.717, 1.165) is 33.7 Å². The zero-order chi connectivity index (χ0) is 21.0. The molecule has 0 saturated heterocycles. The van der Waals surface area contributed by atoms with Crippen molar-refractivity contribution in [3.8, 4) is 0 Å². The Morgan fingerprint density at radius 1 is 1.20 bits per heavy atom. The van der Waals surface area contributed by atoms with Crippen molar-refractivity contribution in [3.63, 3.8) is 0 Å². The summed E-state index contributed by atoms with van der Waals surface area (Å²) in [5.41, 5.74) is 1.49. The van der Waals surface area contributed by atoms with E-state index < -0.39 is 11.9 Å². The van der Waals surface area contributed by atoms with E-state index in [1.165, 1.54) is 6.07 Å². The molecule has 0 radical (unpaired) electrons. The minimum atomic E-state index is -2.32. The SMILES string of the molecule is Cc1c(CNCCCNc2cc(=O)c3ccccc3[nH]2)sc(C(F)=C(F)F)c1Br.Cl. The Morgan fingerprint density at radius 2 is 1.93 bits per heavy atom. The number of para-hydroxylation sites is 1. The van der Waals surface area contributed by atoms with Crippen molar-refractivity contribution >= 4 is 62.2 Å². The number of hydrogen-bond acceptors (Lipinski definition) is 4. The molecular formula is C20H20BrClF3N3OS. The molecule has 3 aromatic rings. The summed E-state index contributed by atoms with van der Waals surface area (Å²) >= 11 is 4.20. The first-order valence-corrected chi connectivity index (χ1v) is 10.5. The molecule has 10 heteroatoms. The van der Waals surface area contributed by atoms with Crippen LogP contribution in [-0.2, 0) is 6.54 Å². The molecule has 2 aromatic heterocycles. The van der Waals surface area contributed by atoms with Crippen LogP contribution in [0, 0.1) is 6.92 Å². The van der Waals surface area contributed by atoms with Gasteiger partial charge < -0.3 is 15.6 Å². The third kappa shape index (κ3) is 5.66. The van der Waals surface area contributed by atoms with E-state index in [9.17, 15) is 18.0 Å². The molecule has 0 aliphatic heterocycles. The third-order valence-corrected chi connectivity index (χ3v) is 6.94. The number of aromatic nitrogens is 1. The zero-order valence-corrected chi connectivity index (χ0v) is 19.2. The van der Waals surface area contributed by atoms with E-state index in [0.29, 0.717) is 35.3 Å². The summed E-state index contributed by atoms with van der Waals surface area (Å²) < 4.78 is 39.0. The predicted molar refractivity (Wildman–Crippen MR) is 124 cm³/mol. The molecule has 4 nitrogen and oxygen atoms in total. The van der Waals surface area contributed by atoms with Gasteiger partial charge in [0.15, 0.2) is 5.43 Å². The quantitative estimate of drug-likeness (QED) is 0.308. The van der Waals surface area contributed by atoms with E-state index in [2.05, 4.69) is 31.5 Å². The highest BCUT2D eigenvalue weighted by Gasteiger charge is 2.19. The maximum Gasteiger partial charge on any atom is 0.307 e. The van der Waals surface area contributed by atoms with Crippen molar-refractivity contribution in [1.82, 2.24) is 10.3 Å². The van der Waals surface area contributed by atoms with Crippen LogP contribution in [0.3, 0.4) is 0 Å². The van der Waals surface area contributed by atoms with Gasteiger partial charge in [0, 0.05) is 33.9 Å². The molecule has 3 N–H and O–H groups in total. The Bertz CT molecular complexity index is 1110. The van der Waals surface area contributed by atoms with Crippen LogP contribution in [0.25, 0.3) is 16.7 Å². The summed E-state index contributed by atoms with van der Waals surface area (Å²) in [6, 6.07) is 8.86. The summed E-state index contributed by atoms with van der Waals surface area (Å²) in [6.45, 7) is 3.54. The first-order valence-electron chi connectivity index (χ1n) is 8.94. The molecule has 0 aliphatic carbocycles. The van der Waals surface area contributed by atoms with Crippen LogP contribution < -0.4 is 16.1 Å². The molecule has 2 heterocycles. The van der Waals surface area contributed by atoms with Crippen molar-refractivity contribution < 1.29 is 13.2 Å². The molecule has 0 bridgehead atoms. The molecule has 0 unspecified atom stereocenters. The number of benzene rings is 1. The van der Waals surface area contributed by atoms with Crippen LogP contribution in [0.4, 0.5) is 19.0 Å². The van der Waals surface area contributed by atoms with Crippen LogP contribution in [0.5, 0.6) is 0 Å². The van der Waals surface area contributed by atoms with Crippen LogP contribution in [0.2, 0.25) is 0 Å². The first kappa shape index (κ1) is 24.5. The number of hydrogen-bond donors (Lipinski definition) is 3. The fourth-order valence-electron chi connectivity index (χ4n) is 2.86. The van der Waals surface area contributed by atoms with Crippen molar-refractivity contribution in [3.05, 3.63) is 66.4 Å². The monoisotopic (exact) mass is 521 g/mol. The van der Waals surface area contributed by atoms with Gasteiger partial charge in [0.2, 0.25) is 5.83 Å². The number of nitrogens with one attached hydrogen (secondary N) is 3. The van der Waals surface area contributed by atoms with Gasteiger partial charge in [-0.15, -0.1) is 23.7 Å². The highest BCUT2D eigenvalue weighted by atomic mass is 79.9. The number of pyridine rings is 1. The summed E-state index contributed by atoms with van der Waals surface area (Å²) in [4.78, 5) is 16.0. The van der Waals surface area contributed by atoms with E-state index in [1.807, 2.05) is 18.2 Å². The number of thiophene rings is 1. The molecule has 0 atom stereocenters. The van der Waals surface area contributed by atoms with Gasteiger partial charge in [0.25, 0.3) is 0 Å². The molecule has 0 saturated carbocycles. The number of fused-ring (bicyclic) bond motifs is 1. The minimum Gasteiger partial charge on any atom is -0.371 e. The van der Waals surface area contributed by atoms with Crippen LogP contribution in [0.15, 0.2) is 45.7 Å². The molecule has 1 aromatic carbocycles. The fraction of sp³-hybridized carbons (Fsp3) is 0.250. The van der Waals surface area contributed by atoms with E-state index in [4.69, 9.17) is 0 Å².